The maximum Gasteiger partial charge on any atom is 0.325 e. The summed E-state index contributed by atoms with van der Waals surface area (Å²) < 4.78 is 0. The average molecular weight is 386 g/mol. The summed E-state index contributed by atoms with van der Waals surface area (Å²) in [4.78, 5) is 39.2. The molecule has 1 saturated carbocycles. The number of imide groups is 1. The Labute approximate surface area is 167 Å². The van der Waals surface area contributed by atoms with Crippen LogP contribution in [0.3, 0.4) is 0 Å². The van der Waals surface area contributed by atoms with Crippen LogP contribution in [0, 0.1) is 11.8 Å². The molecule has 3 rings (SSSR count). The van der Waals surface area contributed by atoms with E-state index >= 15 is 0 Å². The highest BCUT2D eigenvalue weighted by Gasteiger charge is 2.52. The van der Waals surface area contributed by atoms with Crippen molar-refractivity contribution >= 4 is 17.8 Å². The predicted molar refractivity (Wildman–Crippen MR) is 107 cm³/mol. The van der Waals surface area contributed by atoms with Gasteiger partial charge in [0.25, 0.3) is 5.91 Å². The van der Waals surface area contributed by atoms with Gasteiger partial charge in [-0.3, -0.25) is 14.5 Å². The van der Waals surface area contributed by atoms with Crippen molar-refractivity contribution in [3.05, 3.63) is 35.9 Å². The van der Waals surface area contributed by atoms with Gasteiger partial charge in [0.1, 0.15) is 12.1 Å². The molecule has 0 bridgehead atoms. The smallest absolute Gasteiger partial charge is 0.325 e. The van der Waals surface area contributed by atoms with Crippen LogP contribution in [0.5, 0.6) is 0 Å². The van der Waals surface area contributed by atoms with Crippen molar-refractivity contribution in [3.63, 3.8) is 0 Å². The highest BCUT2D eigenvalue weighted by molar-refractivity contribution is 6.09. The third kappa shape index (κ3) is 4.05. The average Bonchev–Trinajstić information content (AvgIpc) is 2.91. The summed E-state index contributed by atoms with van der Waals surface area (Å²) in [5.74, 6) is 0.240. The summed E-state index contributed by atoms with van der Waals surface area (Å²) in [5, 5.41) is 5.88. The quantitative estimate of drug-likeness (QED) is 0.737. The van der Waals surface area contributed by atoms with Crippen LogP contribution in [-0.2, 0) is 9.59 Å². The van der Waals surface area contributed by atoms with Crippen LogP contribution >= 0.6 is 0 Å². The summed E-state index contributed by atoms with van der Waals surface area (Å²) in [7, 11) is 0. The van der Waals surface area contributed by atoms with E-state index in [9.17, 15) is 14.4 Å². The number of nitrogens with zero attached hydrogens (tertiary/aromatic N) is 1. The zero-order valence-electron chi connectivity index (χ0n) is 17.0. The fourth-order valence-corrected chi connectivity index (χ4v) is 4.40. The molecule has 2 aliphatic rings. The van der Waals surface area contributed by atoms with E-state index in [-0.39, 0.29) is 30.3 Å². The zero-order valence-corrected chi connectivity index (χ0v) is 17.0. The first kappa shape index (κ1) is 20.4. The van der Waals surface area contributed by atoms with Gasteiger partial charge in [-0.2, -0.15) is 0 Å². The van der Waals surface area contributed by atoms with Crippen LogP contribution < -0.4 is 10.6 Å². The van der Waals surface area contributed by atoms with Crippen molar-refractivity contribution in [2.45, 2.75) is 64.5 Å². The predicted octanol–water partition coefficient (Wildman–Crippen LogP) is 3.39. The number of nitrogens with one attached hydrogen (secondary N) is 2. The van der Waals surface area contributed by atoms with Crippen LogP contribution in [0.1, 0.15) is 64.5 Å². The Morgan fingerprint density at radius 1 is 1.21 bits per heavy atom. The molecule has 28 heavy (non-hydrogen) atoms. The van der Waals surface area contributed by atoms with Gasteiger partial charge in [-0.15, -0.1) is 0 Å². The number of hydrogen-bond donors (Lipinski definition) is 2. The Morgan fingerprint density at radius 2 is 1.86 bits per heavy atom. The van der Waals surface area contributed by atoms with E-state index < -0.39 is 11.6 Å². The van der Waals surface area contributed by atoms with Gasteiger partial charge >= 0.3 is 6.03 Å². The molecule has 1 aliphatic heterocycles. The summed E-state index contributed by atoms with van der Waals surface area (Å²) >= 11 is 0. The fourth-order valence-electron chi connectivity index (χ4n) is 4.40. The van der Waals surface area contributed by atoms with E-state index in [2.05, 4.69) is 17.6 Å². The molecule has 1 aliphatic carbocycles. The van der Waals surface area contributed by atoms with Gasteiger partial charge in [0.05, 0.1) is 6.04 Å². The van der Waals surface area contributed by atoms with Crippen LogP contribution in [-0.4, -0.2) is 34.8 Å². The highest BCUT2D eigenvalue weighted by atomic mass is 16.2. The van der Waals surface area contributed by atoms with Crippen LogP contribution in [0.2, 0.25) is 0 Å². The molecular formula is C22H31N3O3. The zero-order chi connectivity index (χ0) is 20.3. The normalized spacial score (nSPS) is 25.9. The molecule has 1 spiro atoms. The van der Waals surface area contributed by atoms with Gasteiger partial charge in [-0.25, -0.2) is 4.79 Å². The second-order valence-electron chi connectivity index (χ2n) is 8.46. The third-order valence-corrected chi connectivity index (χ3v) is 6.23. The van der Waals surface area contributed by atoms with Gasteiger partial charge in [0.15, 0.2) is 0 Å². The van der Waals surface area contributed by atoms with Gasteiger partial charge in [-0.1, -0.05) is 57.5 Å². The summed E-state index contributed by atoms with van der Waals surface area (Å²) in [5.41, 5.74) is 0.206. The van der Waals surface area contributed by atoms with Gasteiger partial charge in [0, 0.05) is 0 Å². The van der Waals surface area contributed by atoms with Crippen molar-refractivity contribution in [2.75, 3.05) is 6.54 Å². The van der Waals surface area contributed by atoms with Crippen molar-refractivity contribution in [1.29, 1.82) is 0 Å². The van der Waals surface area contributed by atoms with Crippen molar-refractivity contribution in [2.24, 2.45) is 11.8 Å². The molecule has 0 radical (unpaired) electrons. The SMILES string of the molecule is CCC1CCC2(CC1)NC(=O)N(CC(=O)NC(c1ccccc1)C(C)C)C2=O. The lowest BCUT2D eigenvalue weighted by Gasteiger charge is -2.34. The number of urea groups is 1. The number of amides is 4. The van der Waals surface area contributed by atoms with Crippen LogP contribution in [0.4, 0.5) is 4.79 Å². The van der Waals surface area contributed by atoms with E-state index in [1.165, 1.54) is 0 Å². The summed E-state index contributed by atoms with van der Waals surface area (Å²) in [6.07, 6.45) is 4.29. The molecule has 1 atom stereocenters. The molecule has 6 heteroatoms. The van der Waals surface area contributed by atoms with Crippen molar-refractivity contribution in [3.8, 4) is 0 Å². The number of benzene rings is 1. The Kier molecular flexibility index (Phi) is 6.06. The van der Waals surface area contributed by atoms with E-state index in [1.54, 1.807) is 0 Å². The number of carbonyl (C=O) groups excluding carboxylic acids is 3. The molecular weight excluding hydrogens is 354 g/mol. The minimum atomic E-state index is -0.806. The molecule has 1 unspecified atom stereocenters. The molecule has 1 saturated heterocycles. The number of rotatable bonds is 6. The van der Waals surface area contributed by atoms with E-state index in [0.717, 1.165) is 29.7 Å². The Morgan fingerprint density at radius 3 is 2.43 bits per heavy atom. The Bertz CT molecular complexity index is 724. The summed E-state index contributed by atoms with van der Waals surface area (Å²) in [6, 6.07) is 9.14. The second-order valence-corrected chi connectivity index (χ2v) is 8.46. The molecule has 4 amide bonds. The standard InChI is InChI=1S/C22H31N3O3/c1-4-16-10-12-22(13-11-16)20(27)25(21(28)24-22)14-18(26)23-19(15(2)3)17-8-6-5-7-9-17/h5-9,15-16,19H,4,10-14H2,1-3H3,(H,23,26)(H,24,28). The lowest BCUT2D eigenvalue weighted by molar-refractivity contribution is -0.136. The lowest BCUT2D eigenvalue weighted by Crippen LogP contribution is -2.50. The minimum Gasteiger partial charge on any atom is -0.347 e. The van der Waals surface area contributed by atoms with Crippen molar-refractivity contribution in [1.82, 2.24) is 15.5 Å². The third-order valence-electron chi connectivity index (χ3n) is 6.23. The largest absolute Gasteiger partial charge is 0.347 e. The van der Waals surface area contributed by atoms with Crippen molar-refractivity contribution < 1.29 is 14.4 Å². The fraction of sp³-hybridized carbons (Fsp3) is 0.591. The maximum atomic E-state index is 13.0. The molecule has 2 N–H and O–H groups in total. The number of carbonyl (C=O) groups is 3. The highest BCUT2D eigenvalue weighted by Crippen LogP contribution is 2.37. The molecule has 6 nitrogen and oxygen atoms in total. The molecule has 0 aromatic heterocycles. The van der Waals surface area contributed by atoms with Crippen LogP contribution in [0.25, 0.3) is 0 Å². The lowest BCUT2D eigenvalue weighted by atomic mass is 9.75. The maximum absolute atomic E-state index is 13.0. The van der Waals surface area contributed by atoms with Gasteiger partial charge in [0.2, 0.25) is 5.91 Å². The van der Waals surface area contributed by atoms with E-state index in [0.29, 0.717) is 18.8 Å². The van der Waals surface area contributed by atoms with E-state index in [1.807, 2.05) is 44.2 Å². The monoisotopic (exact) mass is 385 g/mol. The Balaban J connectivity index is 1.65. The molecule has 1 heterocycles. The molecule has 1 aromatic carbocycles. The summed E-state index contributed by atoms with van der Waals surface area (Å²) in [6.45, 7) is 5.99. The second kappa shape index (κ2) is 8.33. The molecule has 1 aromatic rings. The Hall–Kier alpha value is -2.37. The topological polar surface area (TPSA) is 78.5 Å². The van der Waals surface area contributed by atoms with Gasteiger partial charge in [-0.05, 0) is 43.1 Å². The minimum absolute atomic E-state index is 0.164. The van der Waals surface area contributed by atoms with E-state index in [4.69, 9.17) is 0 Å². The van der Waals surface area contributed by atoms with Crippen LogP contribution in [0.15, 0.2) is 30.3 Å². The van der Waals surface area contributed by atoms with Gasteiger partial charge < -0.3 is 10.6 Å². The molecule has 152 valence electrons. The first-order chi connectivity index (χ1) is 13.4. The number of hydrogen-bond acceptors (Lipinski definition) is 3. The molecule has 2 fully saturated rings. The first-order valence-corrected chi connectivity index (χ1v) is 10.3. The first-order valence-electron chi connectivity index (χ1n) is 10.3.